The van der Waals surface area contributed by atoms with Crippen LogP contribution in [-0.4, -0.2) is 19.7 Å². The van der Waals surface area contributed by atoms with Crippen molar-refractivity contribution < 1.29 is 8.78 Å². The molecule has 0 saturated heterocycles. The number of halogens is 2. The second kappa shape index (κ2) is 6.08. The lowest BCUT2D eigenvalue weighted by Crippen LogP contribution is -2.14. The Morgan fingerprint density at radius 2 is 1.88 bits per heavy atom. The van der Waals surface area contributed by atoms with Crippen molar-refractivity contribution in [3.63, 3.8) is 0 Å². The number of hydrogen-bond donors (Lipinski definition) is 1. The molecule has 0 fully saturated rings. The zero-order chi connectivity index (χ0) is 18.2. The number of aromatic nitrogens is 4. The number of nitrogens with two attached hydrogens (primary N) is 1. The van der Waals surface area contributed by atoms with Crippen LogP contribution in [-0.2, 0) is 5.92 Å². The fraction of sp³-hybridized carbons (Fsp3) is 0.167. The van der Waals surface area contributed by atoms with Crippen molar-refractivity contribution in [2.45, 2.75) is 19.8 Å². The lowest BCUT2D eigenvalue weighted by Gasteiger charge is -2.16. The molecule has 2 aromatic heterocycles. The van der Waals surface area contributed by atoms with Crippen LogP contribution in [0.1, 0.15) is 18.1 Å². The molecule has 0 bridgehead atoms. The van der Waals surface area contributed by atoms with Gasteiger partial charge in [0.2, 0.25) is 0 Å². The van der Waals surface area contributed by atoms with Gasteiger partial charge in [-0.3, -0.25) is 0 Å². The van der Waals surface area contributed by atoms with E-state index in [-0.39, 0.29) is 11.1 Å². The number of nitrogen functional groups attached to an aromatic ring is 1. The van der Waals surface area contributed by atoms with Crippen LogP contribution in [0.4, 0.5) is 14.6 Å². The second-order valence-corrected chi connectivity index (χ2v) is 5.84. The van der Waals surface area contributed by atoms with E-state index in [0.717, 1.165) is 11.1 Å². The number of alkyl halides is 2. The molecule has 0 radical (unpaired) electrons. The molecule has 2 N–H and O–H groups in total. The van der Waals surface area contributed by atoms with E-state index in [9.17, 15) is 8.78 Å². The van der Waals surface area contributed by atoms with Crippen LogP contribution in [0, 0.1) is 6.92 Å². The summed E-state index contributed by atoms with van der Waals surface area (Å²) >= 11 is 0. The third kappa shape index (κ3) is 3.13. The van der Waals surface area contributed by atoms with Gasteiger partial charge in [0.15, 0.2) is 5.82 Å². The van der Waals surface area contributed by atoms with Gasteiger partial charge < -0.3 is 5.73 Å². The Morgan fingerprint density at radius 3 is 2.48 bits per heavy atom. The summed E-state index contributed by atoms with van der Waals surface area (Å²) in [7, 11) is 0. The van der Waals surface area contributed by atoms with Gasteiger partial charge in [-0.25, -0.2) is 14.6 Å². The van der Waals surface area contributed by atoms with Crippen molar-refractivity contribution >= 4 is 5.82 Å². The third-order valence-corrected chi connectivity index (χ3v) is 3.90. The van der Waals surface area contributed by atoms with E-state index < -0.39 is 5.92 Å². The van der Waals surface area contributed by atoms with E-state index in [1.807, 2.05) is 13.0 Å². The molecule has 0 saturated carbocycles. The van der Waals surface area contributed by atoms with E-state index >= 15 is 0 Å². The minimum atomic E-state index is -3.06. The zero-order valence-corrected chi connectivity index (χ0v) is 13.9. The van der Waals surface area contributed by atoms with Crippen LogP contribution < -0.4 is 5.73 Å². The molecule has 128 valence electrons. The quantitative estimate of drug-likeness (QED) is 0.731. The number of anilines is 1. The Morgan fingerprint density at radius 1 is 1.20 bits per heavy atom. The first-order valence-corrected chi connectivity index (χ1v) is 7.58. The number of pyridine rings is 1. The van der Waals surface area contributed by atoms with E-state index in [2.05, 4.69) is 21.6 Å². The average Bonchev–Trinajstić information content (AvgIpc) is 3.07. The molecule has 3 rings (SSSR count). The Balaban J connectivity index is 1.90. The monoisotopic (exact) mass is 341 g/mol. The van der Waals surface area contributed by atoms with Gasteiger partial charge in [0.05, 0.1) is 5.69 Å². The maximum atomic E-state index is 14.0. The predicted molar refractivity (Wildman–Crippen MR) is 92.4 cm³/mol. The maximum Gasteiger partial charge on any atom is 0.294 e. The van der Waals surface area contributed by atoms with E-state index in [4.69, 9.17) is 5.73 Å². The van der Waals surface area contributed by atoms with Crippen molar-refractivity contribution in [2.24, 2.45) is 0 Å². The molecule has 0 aliphatic carbocycles. The minimum Gasteiger partial charge on any atom is -0.383 e. The van der Waals surface area contributed by atoms with Crippen molar-refractivity contribution in [1.82, 2.24) is 19.7 Å². The van der Waals surface area contributed by atoms with Gasteiger partial charge >= 0.3 is 0 Å². The lowest BCUT2D eigenvalue weighted by molar-refractivity contribution is 0.0385. The molecule has 0 unspecified atom stereocenters. The Hall–Kier alpha value is -3.09. The summed E-state index contributed by atoms with van der Waals surface area (Å²) < 4.78 is 29.4. The number of benzene rings is 1. The number of nitrogens with zero attached hydrogens (tertiary/aromatic N) is 4. The summed E-state index contributed by atoms with van der Waals surface area (Å²) in [4.78, 5) is 8.33. The van der Waals surface area contributed by atoms with Crippen LogP contribution in [0.2, 0.25) is 0 Å². The molecule has 2 heterocycles. The largest absolute Gasteiger partial charge is 0.383 e. The number of hydrogen-bond acceptors (Lipinski definition) is 4. The number of rotatable bonds is 4. The van der Waals surface area contributed by atoms with Crippen LogP contribution in [0.25, 0.3) is 17.1 Å². The molecule has 25 heavy (non-hydrogen) atoms. The van der Waals surface area contributed by atoms with Gasteiger partial charge in [0.25, 0.3) is 5.92 Å². The van der Waals surface area contributed by atoms with Crippen LogP contribution in [0.3, 0.4) is 0 Å². The normalized spacial score (nSPS) is 11.5. The molecule has 7 heteroatoms. The first-order chi connectivity index (χ1) is 11.8. The van der Waals surface area contributed by atoms with E-state index in [1.54, 1.807) is 18.3 Å². The average molecular weight is 341 g/mol. The van der Waals surface area contributed by atoms with Gasteiger partial charge in [0, 0.05) is 17.3 Å². The maximum absolute atomic E-state index is 14.0. The zero-order valence-electron chi connectivity index (χ0n) is 13.9. The second-order valence-electron chi connectivity index (χ2n) is 5.84. The lowest BCUT2D eigenvalue weighted by atomic mass is 10.0. The van der Waals surface area contributed by atoms with Crippen LogP contribution >= 0.6 is 0 Å². The smallest absolute Gasteiger partial charge is 0.294 e. The highest BCUT2D eigenvalue weighted by molar-refractivity contribution is 5.58. The third-order valence-electron chi connectivity index (χ3n) is 3.90. The Labute approximate surface area is 143 Å². The summed E-state index contributed by atoms with van der Waals surface area (Å²) in [6.45, 7) is 6.50. The molecular formula is C18H17F2N5. The summed E-state index contributed by atoms with van der Waals surface area (Å²) in [5.74, 6) is -2.12. The fourth-order valence-corrected chi connectivity index (χ4v) is 2.30. The Kier molecular flexibility index (Phi) is 4.08. The van der Waals surface area contributed by atoms with Crippen molar-refractivity contribution in [1.29, 1.82) is 0 Å². The summed E-state index contributed by atoms with van der Waals surface area (Å²) in [5.41, 5.74) is 7.59. The Bertz CT molecular complexity index is 929. The van der Waals surface area contributed by atoms with Crippen molar-refractivity contribution in [3.05, 3.63) is 66.1 Å². The molecule has 0 aliphatic rings. The topological polar surface area (TPSA) is 69.6 Å². The first kappa shape index (κ1) is 16.8. The molecule has 0 atom stereocenters. The van der Waals surface area contributed by atoms with Gasteiger partial charge in [-0.05, 0) is 43.2 Å². The van der Waals surface area contributed by atoms with Gasteiger partial charge in [-0.15, -0.1) is 5.10 Å². The van der Waals surface area contributed by atoms with Gasteiger partial charge in [-0.2, -0.15) is 8.78 Å². The SMILES string of the molecule is C=C(C)C(F)(F)c1ccc(-n2cnc(-c3cnc(N)c(C)c3)n2)cc1. The molecule has 0 spiro atoms. The van der Waals surface area contributed by atoms with Gasteiger partial charge in [-0.1, -0.05) is 18.7 Å². The molecule has 0 amide bonds. The highest BCUT2D eigenvalue weighted by Crippen LogP contribution is 2.34. The van der Waals surface area contributed by atoms with Crippen LogP contribution in [0.5, 0.6) is 0 Å². The molecule has 5 nitrogen and oxygen atoms in total. The molecule has 1 aromatic carbocycles. The first-order valence-electron chi connectivity index (χ1n) is 7.58. The summed E-state index contributed by atoms with van der Waals surface area (Å²) in [6, 6.07) is 7.70. The van der Waals surface area contributed by atoms with E-state index in [1.165, 1.54) is 30.1 Å². The minimum absolute atomic E-state index is 0.109. The molecule has 3 aromatic rings. The summed E-state index contributed by atoms with van der Waals surface area (Å²) in [6.07, 6.45) is 3.12. The van der Waals surface area contributed by atoms with Gasteiger partial charge in [0.1, 0.15) is 12.1 Å². The van der Waals surface area contributed by atoms with Crippen molar-refractivity contribution in [3.8, 4) is 17.1 Å². The van der Waals surface area contributed by atoms with E-state index in [0.29, 0.717) is 17.3 Å². The summed E-state index contributed by atoms with van der Waals surface area (Å²) in [5, 5.41) is 4.37. The highest BCUT2D eigenvalue weighted by atomic mass is 19.3. The fourth-order valence-electron chi connectivity index (χ4n) is 2.30. The van der Waals surface area contributed by atoms with Crippen molar-refractivity contribution in [2.75, 3.05) is 5.73 Å². The molecular weight excluding hydrogens is 324 g/mol. The number of allylic oxidation sites excluding steroid dienone is 1. The standard InChI is InChI=1S/C18H17F2N5/c1-11(2)18(19,20)14-4-6-15(7-5-14)25-10-23-17(24-25)13-8-12(3)16(21)22-9-13/h4-10H,1H2,2-3H3,(H2,21,22). The highest BCUT2D eigenvalue weighted by Gasteiger charge is 2.32. The predicted octanol–water partition coefficient (Wildman–Crippen LogP) is 3.89. The molecule has 0 aliphatic heterocycles. The number of aryl methyl sites for hydroxylation is 1. The van der Waals surface area contributed by atoms with Crippen LogP contribution in [0.15, 0.2) is 55.0 Å².